The van der Waals surface area contributed by atoms with Crippen molar-refractivity contribution in [1.82, 2.24) is 9.88 Å². The van der Waals surface area contributed by atoms with Crippen LogP contribution in [-0.2, 0) is 5.41 Å². The summed E-state index contributed by atoms with van der Waals surface area (Å²) in [5.41, 5.74) is 3.44. The van der Waals surface area contributed by atoms with E-state index in [1.807, 2.05) is 17.9 Å². The van der Waals surface area contributed by atoms with Gasteiger partial charge in [0.05, 0.1) is 22.3 Å². The Bertz CT molecular complexity index is 1010. The number of aryl methyl sites for hydroxylation is 1. The molecule has 2 aromatic carbocycles. The van der Waals surface area contributed by atoms with Gasteiger partial charge in [0.15, 0.2) is 0 Å². The van der Waals surface area contributed by atoms with Gasteiger partial charge in [-0.1, -0.05) is 30.3 Å². The number of hydrogen-bond donors (Lipinski definition) is 0. The number of piperidine rings is 1. The van der Waals surface area contributed by atoms with Crippen molar-refractivity contribution in [3.8, 4) is 6.07 Å². The lowest BCUT2D eigenvalue weighted by molar-refractivity contribution is 0.0684. The molecule has 5 heteroatoms. The lowest BCUT2D eigenvalue weighted by Crippen LogP contribution is -2.46. The summed E-state index contributed by atoms with van der Waals surface area (Å²) in [4.78, 5) is 19.6. The summed E-state index contributed by atoms with van der Waals surface area (Å²) >= 11 is 1.68. The number of amides is 1. The summed E-state index contributed by atoms with van der Waals surface area (Å²) in [6, 6.07) is 19.5. The summed E-state index contributed by atoms with van der Waals surface area (Å²) in [6.07, 6.45) is 1.70. The van der Waals surface area contributed by atoms with E-state index >= 15 is 0 Å². The Morgan fingerprint density at radius 2 is 1.79 bits per heavy atom. The third kappa shape index (κ3) is 3.32. The van der Waals surface area contributed by atoms with Crippen LogP contribution >= 0.6 is 11.3 Å². The van der Waals surface area contributed by atoms with Gasteiger partial charge < -0.3 is 4.90 Å². The van der Waals surface area contributed by atoms with Gasteiger partial charge in [-0.2, -0.15) is 5.26 Å². The molecule has 2 heterocycles. The topological polar surface area (TPSA) is 57.0 Å². The Kier molecular flexibility index (Phi) is 4.97. The van der Waals surface area contributed by atoms with E-state index in [1.54, 1.807) is 35.6 Å². The van der Waals surface area contributed by atoms with Gasteiger partial charge in [-0.3, -0.25) is 4.79 Å². The first kappa shape index (κ1) is 18.4. The fraction of sp³-hybridized carbons (Fsp3) is 0.261. The third-order valence-corrected chi connectivity index (χ3v) is 6.37. The van der Waals surface area contributed by atoms with Crippen molar-refractivity contribution in [3.63, 3.8) is 0 Å². The second-order valence-electron chi connectivity index (χ2n) is 7.18. The van der Waals surface area contributed by atoms with Crippen LogP contribution in [0.2, 0.25) is 0 Å². The Morgan fingerprint density at radius 1 is 1.11 bits per heavy atom. The van der Waals surface area contributed by atoms with E-state index in [2.05, 4.69) is 35.7 Å². The average Bonchev–Trinajstić information content (AvgIpc) is 3.21. The Balaban J connectivity index is 1.58. The molecule has 0 radical (unpaired) electrons. The number of nitrogens with zero attached hydrogens (tertiary/aromatic N) is 3. The van der Waals surface area contributed by atoms with Crippen LogP contribution < -0.4 is 0 Å². The number of benzene rings is 2. The molecule has 0 spiro atoms. The van der Waals surface area contributed by atoms with E-state index in [-0.39, 0.29) is 11.3 Å². The maximum absolute atomic E-state index is 12.9. The molecular weight excluding hydrogens is 366 g/mol. The molecular formula is C23H21N3OS. The Labute approximate surface area is 169 Å². The minimum atomic E-state index is -0.145. The minimum absolute atomic E-state index is 0.0283. The second kappa shape index (κ2) is 7.57. The first-order valence-electron chi connectivity index (χ1n) is 9.40. The molecule has 3 aromatic rings. The van der Waals surface area contributed by atoms with Crippen LogP contribution in [0.3, 0.4) is 0 Å². The summed E-state index contributed by atoms with van der Waals surface area (Å²) in [6.45, 7) is 3.41. The minimum Gasteiger partial charge on any atom is -0.339 e. The molecule has 0 N–H and O–H groups in total. The van der Waals surface area contributed by atoms with Gasteiger partial charge in [0.25, 0.3) is 5.91 Å². The van der Waals surface area contributed by atoms with Gasteiger partial charge in [0, 0.05) is 29.4 Å². The molecule has 0 bridgehead atoms. The first-order valence-corrected chi connectivity index (χ1v) is 10.3. The molecule has 1 aliphatic heterocycles. The van der Waals surface area contributed by atoms with Crippen LogP contribution in [0.15, 0.2) is 60.0 Å². The summed E-state index contributed by atoms with van der Waals surface area (Å²) in [7, 11) is 0. The van der Waals surface area contributed by atoms with Gasteiger partial charge in [0.2, 0.25) is 0 Å². The van der Waals surface area contributed by atoms with Crippen molar-refractivity contribution in [2.45, 2.75) is 25.2 Å². The number of carbonyl (C=O) groups excluding carboxylic acids is 1. The fourth-order valence-corrected chi connectivity index (χ4v) is 4.71. The van der Waals surface area contributed by atoms with Crippen LogP contribution in [0.5, 0.6) is 0 Å². The van der Waals surface area contributed by atoms with Crippen LogP contribution in [-0.4, -0.2) is 28.9 Å². The molecule has 4 nitrogen and oxygen atoms in total. The molecule has 0 saturated carbocycles. The predicted octanol–water partition coefficient (Wildman–Crippen LogP) is 4.55. The van der Waals surface area contributed by atoms with Crippen LogP contribution in [0.4, 0.5) is 0 Å². The number of aromatic nitrogens is 1. The zero-order valence-corrected chi connectivity index (χ0v) is 16.6. The molecule has 0 atom stereocenters. The van der Waals surface area contributed by atoms with Gasteiger partial charge in [-0.05, 0) is 49.6 Å². The SMILES string of the molecule is Cc1nc(C2(c3ccccc3)CCN(C(=O)c3ccc(C#N)cc3)CC2)cs1. The smallest absolute Gasteiger partial charge is 0.253 e. The predicted molar refractivity (Wildman–Crippen MR) is 110 cm³/mol. The molecule has 0 unspecified atom stereocenters. The van der Waals surface area contributed by atoms with Crippen molar-refractivity contribution in [2.24, 2.45) is 0 Å². The fourth-order valence-electron chi connectivity index (χ4n) is 3.99. The second-order valence-corrected chi connectivity index (χ2v) is 8.24. The molecule has 1 saturated heterocycles. The lowest BCUT2D eigenvalue weighted by atomic mass is 9.70. The standard InChI is InChI=1S/C23H21N3OS/c1-17-25-21(16-28-17)23(20-5-3-2-4-6-20)11-13-26(14-12-23)22(27)19-9-7-18(15-24)8-10-19/h2-10,16H,11-14H2,1H3. The number of likely N-dealkylation sites (tertiary alicyclic amines) is 1. The number of hydrogen-bond acceptors (Lipinski definition) is 4. The van der Waals surface area contributed by atoms with Crippen molar-refractivity contribution in [3.05, 3.63) is 87.4 Å². The van der Waals surface area contributed by atoms with Gasteiger partial charge >= 0.3 is 0 Å². The highest BCUT2D eigenvalue weighted by Gasteiger charge is 2.40. The third-order valence-electron chi connectivity index (χ3n) is 5.60. The van der Waals surface area contributed by atoms with Gasteiger partial charge in [0.1, 0.15) is 0 Å². The largest absolute Gasteiger partial charge is 0.339 e. The molecule has 1 aromatic heterocycles. The monoisotopic (exact) mass is 387 g/mol. The van der Waals surface area contributed by atoms with Crippen LogP contribution in [0.1, 0.15) is 45.0 Å². The molecule has 1 amide bonds. The number of carbonyl (C=O) groups is 1. The molecule has 1 aliphatic rings. The maximum atomic E-state index is 12.9. The first-order chi connectivity index (χ1) is 13.6. The Hall–Kier alpha value is -2.97. The highest BCUT2D eigenvalue weighted by Crippen LogP contribution is 2.42. The maximum Gasteiger partial charge on any atom is 0.253 e. The number of thiazole rings is 1. The van der Waals surface area contributed by atoms with E-state index in [0.717, 1.165) is 23.5 Å². The van der Waals surface area contributed by atoms with E-state index in [9.17, 15) is 4.79 Å². The molecule has 140 valence electrons. The van der Waals surface area contributed by atoms with Crippen molar-refractivity contribution in [1.29, 1.82) is 5.26 Å². The van der Waals surface area contributed by atoms with Crippen molar-refractivity contribution >= 4 is 17.2 Å². The van der Waals surface area contributed by atoms with Crippen molar-refractivity contribution in [2.75, 3.05) is 13.1 Å². The quantitative estimate of drug-likeness (QED) is 0.663. The van der Waals surface area contributed by atoms with E-state index < -0.39 is 0 Å². The molecule has 0 aliphatic carbocycles. The van der Waals surface area contributed by atoms with E-state index in [1.165, 1.54) is 5.56 Å². The highest BCUT2D eigenvalue weighted by atomic mass is 32.1. The van der Waals surface area contributed by atoms with Gasteiger partial charge in [-0.15, -0.1) is 11.3 Å². The van der Waals surface area contributed by atoms with Crippen molar-refractivity contribution < 1.29 is 4.79 Å². The normalized spacial score (nSPS) is 15.8. The molecule has 1 fully saturated rings. The average molecular weight is 388 g/mol. The van der Waals surface area contributed by atoms with Crippen LogP contribution in [0, 0.1) is 18.3 Å². The summed E-state index contributed by atoms with van der Waals surface area (Å²) in [5, 5.41) is 12.2. The Morgan fingerprint density at radius 3 is 2.36 bits per heavy atom. The summed E-state index contributed by atoms with van der Waals surface area (Å²) < 4.78 is 0. The van der Waals surface area contributed by atoms with Crippen LogP contribution in [0.25, 0.3) is 0 Å². The number of rotatable bonds is 3. The zero-order chi connectivity index (χ0) is 19.6. The lowest BCUT2D eigenvalue weighted by Gasteiger charge is -2.41. The van der Waals surface area contributed by atoms with E-state index in [4.69, 9.17) is 10.2 Å². The summed E-state index contributed by atoms with van der Waals surface area (Å²) in [5.74, 6) is 0.0283. The molecule has 28 heavy (non-hydrogen) atoms. The number of nitriles is 1. The zero-order valence-electron chi connectivity index (χ0n) is 15.8. The highest BCUT2D eigenvalue weighted by molar-refractivity contribution is 7.09. The van der Waals surface area contributed by atoms with Gasteiger partial charge in [-0.25, -0.2) is 4.98 Å². The molecule has 4 rings (SSSR count). The van der Waals surface area contributed by atoms with E-state index in [0.29, 0.717) is 24.2 Å².